The number of benzene rings is 1. The van der Waals surface area contributed by atoms with E-state index in [2.05, 4.69) is 15.6 Å². The van der Waals surface area contributed by atoms with Gasteiger partial charge in [-0.1, -0.05) is 6.07 Å². The quantitative estimate of drug-likeness (QED) is 0.881. The number of hydrogen-bond acceptors (Lipinski definition) is 3. The fourth-order valence-corrected chi connectivity index (χ4v) is 1.96. The highest BCUT2D eigenvalue weighted by Crippen LogP contribution is 2.21. The van der Waals surface area contributed by atoms with Crippen molar-refractivity contribution in [2.24, 2.45) is 0 Å². The number of aromatic nitrogens is 1. The number of rotatable bonds is 5. The maximum absolute atomic E-state index is 13.6. The molecule has 0 aliphatic heterocycles. The topological polar surface area (TPSA) is 71.1 Å². The number of carbonyl (C=O) groups excluding carboxylic acids is 2. The second-order valence-corrected chi connectivity index (χ2v) is 4.95. The first-order valence-corrected chi connectivity index (χ1v) is 6.95. The highest BCUT2D eigenvalue weighted by atomic mass is 19.3. The summed E-state index contributed by atoms with van der Waals surface area (Å²) in [7, 11) is 0. The Hall–Kier alpha value is -2.90. The van der Waals surface area contributed by atoms with Crippen LogP contribution in [0.15, 0.2) is 36.5 Å². The molecule has 0 unspecified atom stereocenters. The lowest BCUT2D eigenvalue weighted by atomic mass is 10.1. The number of pyridine rings is 1. The molecule has 0 spiro atoms. The number of alkyl halides is 2. The Kier molecular flexibility index (Phi) is 5.51. The maximum atomic E-state index is 13.6. The minimum atomic E-state index is -2.72. The highest BCUT2D eigenvalue weighted by molar-refractivity contribution is 5.96. The van der Waals surface area contributed by atoms with Crippen LogP contribution >= 0.6 is 0 Å². The molecule has 5 nitrogen and oxygen atoms in total. The van der Waals surface area contributed by atoms with Gasteiger partial charge >= 0.3 is 0 Å². The molecule has 2 aromatic rings. The summed E-state index contributed by atoms with van der Waals surface area (Å²) in [5, 5.41) is 4.87. The van der Waals surface area contributed by atoms with E-state index < -0.39 is 18.1 Å². The lowest BCUT2D eigenvalue weighted by Crippen LogP contribution is -2.23. The first-order valence-electron chi connectivity index (χ1n) is 6.95. The molecule has 0 bridgehead atoms. The summed E-state index contributed by atoms with van der Waals surface area (Å²) in [5.74, 6) is -1.38. The monoisotopic (exact) mass is 337 g/mol. The summed E-state index contributed by atoms with van der Waals surface area (Å²) < 4.78 is 38.9. The van der Waals surface area contributed by atoms with Crippen molar-refractivity contribution in [3.63, 3.8) is 0 Å². The summed E-state index contributed by atoms with van der Waals surface area (Å²) >= 11 is 0. The van der Waals surface area contributed by atoms with Crippen LogP contribution in [0.5, 0.6) is 0 Å². The standard InChI is InChI=1S/C16H14F3N3O2/c1-9(23)22-14-7-11(4-5-20-14)16(24)21-8-12-6-10(15(18)19)2-3-13(12)17/h2-7,15H,8H2,1H3,(H,21,24)(H,20,22,23). The number of carbonyl (C=O) groups is 2. The third-order valence-electron chi connectivity index (χ3n) is 3.09. The zero-order valence-electron chi connectivity index (χ0n) is 12.6. The van der Waals surface area contributed by atoms with Gasteiger partial charge in [-0.25, -0.2) is 18.2 Å². The summed E-state index contributed by atoms with van der Waals surface area (Å²) in [6.45, 7) is 1.05. The van der Waals surface area contributed by atoms with Crippen LogP contribution in [-0.4, -0.2) is 16.8 Å². The molecule has 1 aromatic carbocycles. The molecule has 0 saturated carbocycles. The van der Waals surface area contributed by atoms with Crippen LogP contribution in [0, 0.1) is 5.82 Å². The molecule has 0 aliphatic rings. The van der Waals surface area contributed by atoms with Crippen molar-refractivity contribution in [1.82, 2.24) is 10.3 Å². The SMILES string of the molecule is CC(=O)Nc1cc(C(=O)NCc2cc(C(F)F)ccc2F)ccn1. The number of hydrogen-bond donors (Lipinski definition) is 2. The van der Waals surface area contributed by atoms with Gasteiger partial charge in [-0.2, -0.15) is 0 Å². The van der Waals surface area contributed by atoms with Crippen LogP contribution in [0.25, 0.3) is 0 Å². The predicted octanol–water partition coefficient (Wildman–Crippen LogP) is 3.05. The average Bonchev–Trinajstić information content (AvgIpc) is 2.53. The summed E-state index contributed by atoms with van der Waals surface area (Å²) in [5.41, 5.74) is -0.172. The fourth-order valence-electron chi connectivity index (χ4n) is 1.96. The van der Waals surface area contributed by atoms with Gasteiger partial charge in [0.15, 0.2) is 0 Å². The molecule has 1 aromatic heterocycles. The van der Waals surface area contributed by atoms with E-state index in [1.165, 1.54) is 25.3 Å². The Morgan fingerprint density at radius 3 is 2.62 bits per heavy atom. The predicted molar refractivity (Wildman–Crippen MR) is 81.1 cm³/mol. The van der Waals surface area contributed by atoms with E-state index in [0.29, 0.717) is 0 Å². The Balaban J connectivity index is 2.08. The largest absolute Gasteiger partial charge is 0.348 e. The van der Waals surface area contributed by atoms with Gasteiger partial charge < -0.3 is 10.6 Å². The van der Waals surface area contributed by atoms with Gasteiger partial charge in [0.25, 0.3) is 12.3 Å². The zero-order valence-corrected chi connectivity index (χ0v) is 12.6. The van der Waals surface area contributed by atoms with Crippen molar-refractivity contribution in [2.45, 2.75) is 19.9 Å². The first kappa shape index (κ1) is 17.5. The Morgan fingerprint density at radius 1 is 1.21 bits per heavy atom. The Morgan fingerprint density at radius 2 is 1.96 bits per heavy atom. The minimum Gasteiger partial charge on any atom is -0.348 e. The highest BCUT2D eigenvalue weighted by Gasteiger charge is 2.13. The van der Waals surface area contributed by atoms with E-state index in [1.807, 2.05) is 0 Å². The molecule has 126 valence electrons. The summed E-state index contributed by atoms with van der Waals surface area (Å²) in [6.07, 6.45) is -1.39. The normalized spacial score (nSPS) is 10.5. The maximum Gasteiger partial charge on any atom is 0.263 e. The lowest BCUT2D eigenvalue weighted by molar-refractivity contribution is -0.114. The molecule has 2 amide bonds. The number of anilines is 1. The summed E-state index contributed by atoms with van der Waals surface area (Å²) in [4.78, 5) is 26.9. The third-order valence-corrected chi connectivity index (χ3v) is 3.09. The first-order chi connectivity index (χ1) is 11.4. The van der Waals surface area contributed by atoms with Gasteiger partial charge in [0.1, 0.15) is 11.6 Å². The van der Waals surface area contributed by atoms with Crippen molar-refractivity contribution < 1.29 is 22.8 Å². The molecule has 0 fully saturated rings. The number of halogens is 3. The molecule has 2 rings (SSSR count). The summed E-state index contributed by atoms with van der Waals surface area (Å²) in [6, 6.07) is 5.70. The van der Waals surface area contributed by atoms with Gasteiger partial charge in [0.05, 0.1) is 0 Å². The lowest BCUT2D eigenvalue weighted by Gasteiger charge is -2.09. The van der Waals surface area contributed by atoms with Crippen molar-refractivity contribution in [1.29, 1.82) is 0 Å². The molecule has 2 N–H and O–H groups in total. The van der Waals surface area contributed by atoms with Gasteiger partial charge in [-0.05, 0) is 24.3 Å². The van der Waals surface area contributed by atoms with Crippen LogP contribution in [0.4, 0.5) is 19.0 Å². The van der Waals surface area contributed by atoms with E-state index in [4.69, 9.17) is 0 Å². The van der Waals surface area contributed by atoms with Crippen molar-refractivity contribution in [3.05, 3.63) is 59.0 Å². The van der Waals surface area contributed by atoms with Crippen molar-refractivity contribution >= 4 is 17.6 Å². The molecular formula is C16H14F3N3O2. The van der Waals surface area contributed by atoms with Crippen molar-refractivity contribution in [2.75, 3.05) is 5.32 Å². The molecule has 1 heterocycles. The van der Waals surface area contributed by atoms with E-state index in [-0.39, 0.29) is 35.0 Å². The van der Waals surface area contributed by atoms with Gasteiger partial charge in [0.2, 0.25) is 5.91 Å². The van der Waals surface area contributed by atoms with Crippen LogP contribution in [0.3, 0.4) is 0 Å². The third kappa shape index (κ3) is 4.55. The zero-order chi connectivity index (χ0) is 17.7. The second kappa shape index (κ2) is 7.58. The van der Waals surface area contributed by atoms with Crippen LogP contribution < -0.4 is 10.6 Å². The van der Waals surface area contributed by atoms with E-state index in [0.717, 1.165) is 18.2 Å². The molecule has 0 atom stereocenters. The minimum absolute atomic E-state index is 0.0442. The van der Waals surface area contributed by atoms with Crippen LogP contribution in [0.2, 0.25) is 0 Å². The van der Waals surface area contributed by atoms with Gasteiger partial charge in [-0.3, -0.25) is 9.59 Å². The van der Waals surface area contributed by atoms with Gasteiger partial charge in [0, 0.05) is 36.4 Å². The van der Waals surface area contributed by atoms with Crippen molar-refractivity contribution in [3.8, 4) is 0 Å². The Labute approximate surface area is 135 Å². The van der Waals surface area contributed by atoms with E-state index in [9.17, 15) is 22.8 Å². The van der Waals surface area contributed by atoms with E-state index in [1.54, 1.807) is 0 Å². The van der Waals surface area contributed by atoms with Crippen LogP contribution in [0.1, 0.15) is 34.8 Å². The molecule has 24 heavy (non-hydrogen) atoms. The number of amides is 2. The molecule has 0 saturated heterocycles. The fraction of sp³-hybridized carbons (Fsp3) is 0.188. The molecule has 0 radical (unpaired) electrons. The average molecular weight is 337 g/mol. The molecule has 0 aliphatic carbocycles. The molecule has 8 heteroatoms. The number of nitrogens with zero attached hydrogens (tertiary/aromatic N) is 1. The molecular weight excluding hydrogens is 323 g/mol. The second-order valence-electron chi connectivity index (χ2n) is 4.95. The smallest absolute Gasteiger partial charge is 0.263 e. The van der Waals surface area contributed by atoms with Gasteiger partial charge in [-0.15, -0.1) is 0 Å². The van der Waals surface area contributed by atoms with Crippen LogP contribution in [-0.2, 0) is 11.3 Å². The Bertz CT molecular complexity index is 766. The number of nitrogens with one attached hydrogen (secondary N) is 2. The van der Waals surface area contributed by atoms with E-state index >= 15 is 0 Å².